The summed E-state index contributed by atoms with van der Waals surface area (Å²) in [6, 6.07) is 19.0. The van der Waals surface area contributed by atoms with E-state index in [1.807, 2.05) is 25.1 Å². The Morgan fingerprint density at radius 1 is 0.871 bits per heavy atom. The van der Waals surface area contributed by atoms with Gasteiger partial charge in [0.05, 0.1) is 6.61 Å². The van der Waals surface area contributed by atoms with E-state index >= 15 is 0 Å². The molecule has 6 heteroatoms. The lowest BCUT2D eigenvalue weighted by Crippen LogP contribution is -2.20. The molecule has 0 saturated carbocycles. The number of halogens is 1. The highest BCUT2D eigenvalue weighted by Crippen LogP contribution is 2.29. The first-order valence-corrected chi connectivity index (χ1v) is 10.6. The maximum absolute atomic E-state index is 12.2. The van der Waals surface area contributed by atoms with Crippen molar-refractivity contribution in [3.05, 3.63) is 82.4 Å². The van der Waals surface area contributed by atoms with Crippen LogP contribution in [0.4, 0.5) is 11.4 Å². The van der Waals surface area contributed by atoms with E-state index in [0.29, 0.717) is 35.4 Å². The summed E-state index contributed by atoms with van der Waals surface area (Å²) in [6.45, 7) is 7.14. The van der Waals surface area contributed by atoms with Crippen LogP contribution < -0.4 is 20.1 Å². The Kier molecular flexibility index (Phi) is 7.79. The van der Waals surface area contributed by atoms with Crippen LogP contribution in [-0.4, -0.2) is 19.1 Å². The molecule has 3 aromatic rings. The number of rotatable bonds is 9. The molecule has 0 heterocycles. The van der Waals surface area contributed by atoms with E-state index in [4.69, 9.17) is 21.1 Å². The largest absolute Gasteiger partial charge is 0.490 e. The first-order chi connectivity index (χ1) is 14.9. The Bertz CT molecular complexity index is 1040. The molecular weight excluding hydrogens is 412 g/mol. The molecule has 162 valence electrons. The average molecular weight is 439 g/mol. The zero-order valence-electron chi connectivity index (χ0n) is 18.0. The number of nitrogens with one attached hydrogen (secondary N) is 2. The van der Waals surface area contributed by atoms with Crippen molar-refractivity contribution in [1.29, 1.82) is 0 Å². The lowest BCUT2D eigenvalue weighted by molar-refractivity contribution is -0.118. The quantitative estimate of drug-likeness (QED) is 0.431. The first kappa shape index (κ1) is 22.5. The molecule has 0 bridgehead atoms. The number of benzene rings is 3. The second-order valence-corrected chi connectivity index (χ2v) is 7.65. The zero-order chi connectivity index (χ0) is 22.2. The van der Waals surface area contributed by atoms with Crippen LogP contribution in [0.5, 0.6) is 11.5 Å². The Morgan fingerprint density at radius 2 is 1.61 bits per heavy atom. The maximum Gasteiger partial charge on any atom is 0.262 e. The Balaban J connectivity index is 1.60. The summed E-state index contributed by atoms with van der Waals surface area (Å²) in [5.74, 6) is 0.884. The third-order valence-corrected chi connectivity index (χ3v) is 5.05. The summed E-state index contributed by atoms with van der Waals surface area (Å²) in [6.07, 6.45) is 0. The van der Waals surface area contributed by atoms with E-state index in [1.54, 1.807) is 24.3 Å². The minimum absolute atomic E-state index is 0.122. The highest BCUT2D eigenvalue weighted by molar-refractivity contribution is 6.30. The van der Waals surface area contributed by atoms with E-state index in [-0.39, 0.29) is 12.5 Å². The fourth-order valence-corrected chi connectivity index (χ4v) is 3.11. The number of aryl methyl sites for hydroxylation is 2. The fraction of sp³-hybridized carbons (Fsp3) is 0.240. The van der Waals surface area contributed by atoms with Crippen molar-refractivity contribution in [3.63, 3.8) is 0 Å². The van der Waals surface area contributed by atoms with E-state index in [9.17, 15) is 4.79 Å². The van der Waals surface area contributed by atoms with Gasteiger partial charge in [0.1, 0.15) is 0 Å². The molecule has 0 aliphatic heterocycles. The summed E-state index contributed by atoms with van der Waals surface area (Å²) in [5.41, 5.74) is 5.31. The van der Waals surface area contributed by atoms with E-state index in [2.05, 4.69) is 42.7 Å². The van der Waals surface area contributed by atoms with Gasteiger partial charge in [0.25, 0.3) is 5.91 Å². The van der Waals surface area contributed by atoms with Gasteiger partial charge >= 0.3 is 0 Å². The molecule has 0 fully saturated rings. The zero-order valence-corrected chi connectivity index (χ0v) is 18.8. The number of anilines is 2. The van der Waals surface area contributed by atoms with Gasteiger partial charge in [-0.05, 0) is 86.0 Å². The van der Waals surface area contributed by atoms with Crippen molar-refractivity contribution in [2.24, 2.45) is 0 Å². The van der Waals surface area contributed by atoms with Gasteiger partial charge in [-0.2, -0.15) is 0 Å². The number of carbonyl (C=O) groups excluding carboxylic acids is 1. The van der Waals surface area contributed by atoms with Crippen LogP contribution in [0.2, 0.25) is 5.02 Å². The van der Waals surface area contributed by atoms with Crippen molar-refractivity contribution in [3.8, 4) is 11.5 Å². The summed E-state index contributed by atoms with van der Waals surface area (Å²) in [4.78, 5) is 12.2. The van der Waals surface area contributed by atoms with Crippen LogP contribution in [0.3, 0.4) is 0 Å². The summed E-state index contributed by atoms with van der Waals surface area (Å²) in [7, 11) is 0. The van der Waals surface area contributed by atoms with Gasteiger partial charge in [0, 0.05) is 22.9 Å². The molecule has 0 radical (unpaired) electrons. The molecule has 0 aliphatic rings. The number of ether oxygens (including phenoxy) is 2. The summed E-state index contributed by atoms with van der Waals surface area (Å²) >= 11 is 5.86. The number of amides is 1. The standard InChI is InChI=1S/C25H27ClN2O3/c1-4-30-24-14-19(15-27-22-9-5-17(2)18(3)13-22)6-12-23(24)31-16-25(29)28-21-10-7-20(26)8-11-21/h5-14,27H,4,15-16H2,1-3H3,(H,28,29). The number of hydrogen-bond acceptors (Lipinski definition) is 4. The molecule has 0 unspecified atom stereocenters. The number of carbonyl (C=O) groups is 1. The van der Waals surface area contributed by atoms with Crippen molar-refractivity contribution in [1.82, 2.24) is 0 Å². The highest BCUT2D eigenvalue weighted by atomic mass is 35.5. The molecular formula is C25H27ClN2O3. The van der Waals surface area contributed by atoms with Gasteiger partial charge in [0.15, 0.2) is 18.1 Å². The summed E-state index contributed by atoms with van der Waals surface area (Å²) < 4.78 is 11.4. The third-order valence-electron chi connectivity index (χ3n) is 4.80. The van der Waals surface area contributed by atoms with Gasteiger partial charge < -0.3 is 20.1 Å². The van der Waals surface area contributed by atoms with Gasteiger partial charge in [-0.3, -0.25) is 4.79 Å². The van der Waals surface area contributed by atoms with Gasteiger partial charge in [-0.25, -0.2) is 0 Å². The molecule has 3 rings (SSSR count). The van der Waals surface area contributed by atoms with Crippen molar-refractivity contribution in [2.75, 3.05) is 23.8 Å². The molecule has 0 atom stereocenters. The van der Waals surface area contributed by atoms with E-state index < -0.39 is 0 Å². The molecule has 31 heavy (non-hydrogen) atoms. The molecule has 0 saturated heterocycles. The highest BCUT2D eigenvalue weighted by Gasteiger charge is 2.10. The van der Waals surface area contributed by atoms with E-state index in [1.165, 1.54) is 11.1 Å². The second-order valence-electron chi connectivity index (χ2n) is 7.21. The monoisotopic (exact) mass is 438 g/mol. The molecule has 5 nitrogen and oxygen atoms in total. The lowest BCUT2D eigenvalue weighted by atomic mass is 10.1. The van der Waals surface area contributed by atoms with Crippen molar-refractivity contribution >= 4 is 28.9 Å². The average Bonchev–Trinajstić information content (AvgIpc) is 2.76. The van der Waals surface area contributed by atoms with Crippen LogP contribution in [0, 0.1) is 13.8 Å². The predicted octanol–water partition coefficient (Wildman–Crippen LogP) is 5.99. The molecule has 3 aromatic carbocycles. The molecule has 0 aliphatic carbocycles. The van der Waals surface area contributed by atoms with Crippen molar-refractivity contribution in [2.45, 2.75) is 27.3 Å². The Hall–Kier alpha value is -3.18. The minimum Gasteiger partial charge on any atom is -0.490 e. The van der Waals surface area contributed by atoms with Gasteiger partial charge in [-0.1, -0.05) is 23.7 Å². The van der Waals surface area contributed by atoms with Crippen LogP contribution >= 0.6 is 11.6 Å². The normalized spacial score (nSPS) is 10.5. The lowest BCUT2D eigenvalue weighted by Gasteiger charge is -2.14. The molecule has 0 aromatic heterocycles. The Labute approximate surface area is 188 Å². The van der Waals surface area contributed by atoms with Crippen LogP contribution in [0.25, 0.3) is 0 Å². The third kappa shape index (κ3) is 6.66. The van der Waals surface area contributed by atoms with Gasteiger partial charge in [-0.15, -0.1) is 0 Å². The molecule has 2 N–H and O–H groups in total. The van der Waals surface area contributed by atoms with Crippen LogP contribution in [-0.2, 0) is 11.3 Å². The summed E-state index contributed by atoms with van der Waals surface area (Å²) in [5, 5.41) is 6.82. The molecule has 1 amide bonds. The Morgan fingerprint density at radius 3 is 2.32 bits per heavy atom. The maximum atomic E-state index is 12.2. The minimum atomic E-state index is -0.259. The predicted molar refractivity (Wildman–Crippen MR) is 126 cm³/mol. The van der Waals surface area contributed by atoms with Gasteiger partial charge in [0.2, 0.25) is 0 Å². The topological polar surface area (TPSA) is 59.6 Å². The van der Waals surface area contributed by atoms with E-state index in [0.717, 1.165) is 11.3 Å². The van der Waals surface area contributed by atoms with Crippen LogP contribution in [0.1, 0.15) is 23.6 Å². The first-order valence-electron chi connectivity index (χ1n) is 10.2. The van der Waals surface area contributed by atoms with Crippen LogP contribution in [0.15, 0.2) is 60.7 Å². The fourth-order valence-electron chi connectivity index (χ4n) is 2.98. The molecule has 0 spiro atoms. The second kappa shape index (κ2) is 10.7. The SMILES string of the molecule is CCOc1cc(CNc2ccc(C)c(C)c2)ccc1OCC(=O)Nc1ccc(Cl)cc1. The van der Waals surface area contributed by atoms with Crippen molar-refractivity contribution < 1.29 is 14.3 Å². The number of hydrogen-bond donors (Lipinski definition) is 2. The smallest absolute Gasteiger partial charge is 0.262 e.